The van der Waals surface area contributed by atoms with Crippen LogP contribution in [0.3, 0.4) is 0 Å². The average Bonchev–Trinajstić information content (AvgIpc) is 3.19. The number of carbonyl (C=O) groups is 1. The summed E-state index contributed by atoms with van der Waals surface area (Å²) in [6.45, 7) is 3.24. The molecule has 1 aromatic heterocycles. The monoisotopic (exact) mass is 350 g/mol. The van der Waals surface area contributed by atoms with Crippen LogP contribution in [0.15, 0.2) is 67.3 Å². The fourth-order valence-electron chi connectivity index (χ4n) is 2.57. The van der Waals surface area contributed by atoms with Crippen molar-refractivity contribution in [1.82, 2.24) is 20.1 Å². The van der Waals surface area contributed by atoms with Crippen LogP contribution >= 0.6 is 0 Å². The Morgan fingerprint density at radius 3 is 2.58 bits per heavy atom. The number of hydrogen-bond acceptors (Lipinski definition) is 4. The molecule has 1 N–H and O–H groups in total. The average molecular weight is 350 g/mol. The molecule has 0 unspecified atom stereocenters. The molecule has 0 aliphatic rings. The van der Waals surface area contributed by atoms with Crippen LogP contribution < -0.4 is 5.32 Å². The first kappa shape index (κ1) is 17.8. The molecule has 0 bridgehead atoms. The van der Waals surface area contributed by atoms with Crippen molar-refractivity contribution >= 4 is 5.91 Å². The van der Waals surface area contributed by atoms with E-state index >= 15 is 0 Å². The Kier molecular flexibility index (Phi) is 6.11. The van der Waals surface area contributed by atoms with Gasteiger partial charge in [0.05, 0.1) is 13.2 Å². The summed E-state index contributed by atoms with van der Waals surface area (Å²) in [6, 6.07) is 17.8. The number of nitrogens with zero attached hydrogens (tertiary/aromatic N) is 3. The van der Waals surface area contributed by atoms with Gasteiger partial charge in [-0.2, -0.15) is 5.10 Å². The Morgan fingerprint density at radius 2 is 1.85 bits per heavy atom. The Hall–Kier alpha value is -2.99. The van der Waals surface area contributed by atoms with Crippen molar-refractivity contribution in [3.63, 3.8) is 0 Å². The zero-order valence-corrected chi connectivity index (χ0v) is 14.7. The Labute approximate surface area is 152 Å². The second-order valence-electron chi connectivity index (χ2n) is 6.02. The maximum atomic E-state index is 12.3. The van der Waals surface area contributed by atoms with E-state index < -0.39 is 6.10 Å². The van der Waals surface area contributed by atoms with Gasteiger partial charge in [-0.3, -0.25) is 4.79 Å². The third-order valence-electron chi connectivity index (χ3n) is 4.08. The normalized spacial score (nSPS) is 11.9. The van der Waals surface area contributed by atoms with Crippen LogP contribution in [0, 0.1) is 0 Å². The molecule has 3 aromatic rings. The first-order chi connectivity index (χ1) is 12.7. The highest BCUT2D eigenvalue weighted by molar-refractivity contribution is 5.80. The molecule has 0 saturated heterocycles. The number of benzene rings is 2. The summed E-state index contributed by atoms with van der Waals surface area (Å²) in [5.74, 6) is -0.128. The van der Waals surface area contributed by atoms with Crippen molar-refractivity contribution in [1.29, 1.82) is 0 Å². The number of hydrogen-bond donors (Lipinski definition) is 1. The van der Waals surface area contributed by atoms with E-state index in [1.165, 1.54) is 6.33 Å². The second kappa shape index (κ2) is 8.92. The van der Waals surface area contributed by atoms with Gasteiger partial charge in [-0.25, -0.2) is 9.67 Å². The van der Waals surface area contributed by atoms with Crippen LogP contribution in [0.5, 0.6) is 0 Å². The van der Waals surface area contributed by atoms with E-state index in [4.69, 9.17) is 4.74 Å². The summed E-state index contributed by atoms with van der Waals surface area (Å²) in [5, 5.41) is 7.07. The maximum Gasteiger partial charge on any atom is 0.249 e. The molecule has 0 aliphatic heterocycles. The first-order valence-corrected chi connectivity index (χ1v) is 8.55. The van der Waals surface area contributed by atoms with Gasteiger partial charge in [0.1, 0.15) is 18.8 Å². The number of rotatable bonds is 8. The van der Waals surface area contributed by atoms with Gasteiger partial charge < -0.3 is 10.1 Å². The lowest BCUT2D eigenvalue weighted by molar-refractivity contribution is -0.132. The number of aromatic nitrogens is 3. The molecule has 26 heavy (non-hydrogen) atoms. The standard InChI is InChI=1S/C20H22N4O2/c1-16(26-13-17-7-3-2-4-8-17)20(25)22-11-18-9-5-6-10-19(18)12-24-15-21-14-23-24/h2-10,14-16H,11-13H2,1H3,(H,22,25)/t16-/m0/s1. The number of carbonyl (C=O) groups excluding carboxylic acids is 1. The minimum atomic E-state index is -0.516. The van der Waals surface area contributed by atoms with E-state index in [2.05, 4.69) is 15.4 Å². The van der Waals surface area contributed by atoms with Crippen LogP contribution in [0.1, 0.15) is 23.6 Å². The first-order valence-electron chi connectivity index (χ1n) is 8.55. The molecule has 2 aromatic carbocycles. The second-order valence-corrected chi connectivity index (χ2v) is 6.02. The summed E-state index contributed by atoms with van der Waals surface area (Å²) in [4.78, 5) is 16.3. The van der Waals surface area contributed by atoms with Crippen molar-refractivity contribution in [3.05, 3.63) is 83.9 Å². The fourth-order valence-corrected chi connectivity index (χ4v) is 2.57. The van der Waals surface area contributed by atoms with Crippen LogP contribution in [0.25, 0.3) is 0 Å². The Bertz CT molecular complexity index is 819. The van der Waals surface area contributed by atoms with Gasteiger partial charge in [-0.05, 0) is 23.6 Å². The molecule has 6 heteroatoms. The van der Waals surface area contributed by atoms with Gasteiger partial charge in [-0.15, -0.1) is 0 Å². The topological polar surface area (TPSA) is 69.0 Å². The molecule has 3 rings (SSSR count). The van der Waals surface area contributed by atoms with Gasteiger partial charge in [-0.1, -0.05) is 54.6 Å². The molecule has 1 atom stereocenters. The van der Waals surface area contributed by atoms with Crippen LogP contribution in [-0.4, -0.2) is 26.8 Å². The number of amides is 1. The number of nitrogens with one attached hydrogen (secondary N) is 1. The minimum absolute atomic E-state index is 0.128. The van der Waals surface area contributed by atoms with E-state index in [1.54, 1.807) is 17.9 Å². The molecule has 0 fully saturated rings. The quantitative estimate of drug-likeness (QED) is 0.678. The van der Waals surface area contributed by atoms with Gasteiger partial charge in [0.15, 0.2) is 0 Å². The van der Waals surface area contributed by atoms with Crippen molar-refractivity contribution in [2.75, 3.05) is 0 Å². The zero-order chi connectivity index (χ0) is 18.2. The van der Waals surface area contributed by atoms with Gasteiger partial charge in [0.25, 0.3) is 0 Å². The molecule has 134 valence electrons. The molecular weight excluding hydrogens is 328 g/mol. The van der Waals surface area contributed by atoms with Crippen LogP contribution in [-0.2, 0) is 29.2 Å². The lowest BCUT2D eigenvalue weighted by atomic mass is 10.1. The lowest BCUT2D eigenvalue weighted by Gasteiger charge is -2.15. The SMILES string of the molecule is C[C@H](OCc1ccccc1)C(=O)NCc1ccccc1Cn1cncn1. The molecule has 0 radical (unpaired) electrons. The van der Waals surface area contributed by atoms with Gasteiger partial charge >= 0.3 is 0 Å². The van der Waals surface area contributed by atoms with Crippen molar-refractivity contribution in [3.8, 4) is 0 Å². The highest BCUT2D eigenvalue weighted by atomic mass is 16.5. The van der Waals surface area contributed by atoms with Crippen molar-refractivity contribution in [2.45, 2.75) is 32.7 Å². The molecule has 6 nitrogen and oxygen atoms in total. The van der Waals surface area contributed by atoms with Crippen LogP contribution in [0.4, 0.5) is 0 Å². The van der Waals surface area contributed by atoms with E-state index in [0.717, 1.165) is 16.7 Å². The summed E-state index contributed by atoms with van der Waals surface area (Å²) in [5.41, 5.74) is 3.19. The van der Waals surface area contributed by atoms with Gasteiger partial charge in [0, 0.05) is 6.54 Å². The molecule has 1 amide bonds. The van der Waals surface area contributed by atoms with E-state index in [9.17, 15) is 4.79 Å². The van der Waals surface area contributed by atoms with E-state index in [0.29, 0.717) is 19.7 Å². The van der Waals surface area contributed by atoms with Crippen LogP contribution in [0.2, 0.25) is 0 Å². The smallest absolute Gasteiger partial charge is 0.249 e. The fraction of sp³-hybridized carbons (Fsp3) is 0.250. The predicted molar refractivity (Wildman–Crippen MR) is 98.1 cm³/mol. The maximum absolute atomic E-state index is 12.3. The third-order valence-corrected chi connectivity index (χ3v) is 4.08. The highest BCUT2D eigenvalue weighted by Crippen LogP contribution is 2.10. The highest BCUT2D eigenvalue weighted by Gasteiger charge is 2.14. The summed E-state index contributed by atoms with van der Waals surface area (Å²) in [6.07, 6.45) is 2.67. The molecule has 1 heterocycles. The number of ether oxygens (including phenoxy) is 1. The molecule has 0 aliphatic carbocycles. The van der Waals surface area contributed by atoms with E-state index in [1.807, 2.05) is 54.6 Å². The van der Waals surface area contributed by atoms with Gasteiger partial charge in [0.2, 0.25) is 5.91 Å². The third kappa shape index (κ3) is 5.00. The molecular formula is C20H22N4O2. The lowest BCUT2D eigenvalue weighted by Crippen LogP contribution is -2.34. The molecule has 0 saturated carbocycles. The zero-order valence-electron chi connectivity index (χ0n) is 14.7. The van der Waals surface area contributed by atoms with E-state index in [-0.39, 0.29) is 5.91 Å². The predicted octanol–water partition coefficient (Wildman–Crippen LogP) is 2.55. The minimum Gasteiger partial charge on any atom is -0.364 e. The summed E-state index contributed by atoms with van der Waals surface area (Å²) >= 11 is 0. The summed E-state index contributed by atoms with van der Waals surface area (Å²) in [7, 11) is 0. The Balaban J connectivity index is 1.52. The Morgan fingerprint density at radius 1 is 1.12 bits per heavy atom. The largest absolute Gasteiger partial charge is 0.364 e. The molecule has 0 spiro atoms. The van der Waals surface area contributed by atoms with Crippen molar-refractivity contribution in [2.24, 2.45) is 0 Å². The summed E-state index contributed by atoms with van der Waals surface area (Å²) < 4.78 is 7.42. The van der Waals surface area contributed by atoms with Crippen molar-refractivity contribution < 1.29 is 9.53 Å².